The van der Waals surface area contributed by atoms with Gasteiger partial charge in [-0.15, -0.1) is 0 Å². The number of carbonyl (C=O) groups is 1. The Morgan fingerprint density at radius 1 is 1.00 bits per heavy atom. The van der Waals surface area contributed by atoms with Crippen LogP contribution in [-0.2, 0) is 6.42 Å². The van der Waals surface area contributed by atoms with Gasteiger partial charge in [-0.2, -0.15) is 0 Å². The first kappa shape index (κ1) is 21.1. The summed E-state index contributed by atoms with van der Waals surface area (Å²) in [4.78, 5) is 25.8. The van der Waals surface area contributed by atoms with Crippen LogP contribution in [0.3, 0.4) is 0 Å². The van der Waals surface area contributed by atoms with E-state index in [9.17, 15) is 13.6 Å². The molecule has 0 unspecified atom stereocenters. The molecule has 5 rings (SSSR count). The van der Waals surface area contributed by atoms with Crippen molar-refractivity contribution in [2.45, 2.75) is 31.4 Å². The van der Waals surface area contributed by atoms with Gasteiger partial charge in [-0.25, -0.2) is 13.8 Å². The van der Waals surface area contributed by atoms with E-state index < -0.39 is 5.67 Å². The van der Waals surface area contributed by atoms with Crippen LogP contribution in [0.1, 0.15) is 35.3 Å². The Hall–Kier alpha value is -3.74. The largest absolute Gasteiger partial charge is 0.366 e. The van der Waals surface area contributed by atoms with Crippen molar-refractivity contribution in [1.29, 1.82) is 0 Å². The van der Waals surface area contributed by atoms with E-state index in [4.69, 9.17) is 0 Å². The van der Waals surface area contributed by atoms with E-state index in [1.165, 1.54) is 24.3 Å². The number of nitrogens with zero attached hydrogens (tertiary/aromatic N) is 3. The van der Waals surface area contributed by atoms with Crippen molar-refractivity contribution in [2.75, 3.05) is 11.9 Å². The van der Waals surface area contributed by atoms with Gasteiger partial charge in [0.2, 0.25) is 0 Å². The summed E-state index contributed by atoms with van der Waals surface area (Å²) in [7, 11) is 0. The molecule has 2 heterocycles. The molecule has 166 valence electrons. The van der Waals surface area contributed by atoms with Crippen molar-refractivity contribution >= 4 is 22.4 Å². The van der Waals surface area contributed by atoms with Crippen molar-refractivity contribution in [2.24, 2.45) is 0 Å². The number of benzene rings is 2. The zero-order valence-electron chi connectivity index (χ0n) is 17.9. The second kappa shape index (κ2) is 8.65. The van der Waals surface area contributed by atoms with Crippen LogP contribution in [0.25, 0.3) is 22.0 Å². The first-order valence-electron chi connectivity index (χ1n) is 10.9. The first-order valence-corrected chi connectivity index (χ1v) is 10.9. The molecule has 2 aromatic heterocycles. The van der Waals surface area contributed by atoms with Gasteiger partial charge in [0.15, 0.2) is 5.78 Å². The lowest BCUT2D eigenvalue weighted by Crippen LogP contribution is -2.39. The summed E-state index contributed by atoms with van der Waals surface area (Å²) < 4.78 is 27.4. The molecule has 0 amide bonds. The van der Waals surface area contributed by atoms with Gasteiger partial charge in [-0.1, -0.05) is 12.1 Å². The Bertz CT molecular complexity index is 1320. The maximum Gasteiger partial charge on any atom is 0.168 e. The Labute approximate surface area is 189 Å². The first-order chi connectivity index (χ1) is 16.0. The van der Waals surface area contributed by atoms with Crippen LogP contribution in [0.5, 0.6) is 0 Å². The zero-order chi connectivity index (χ0) is 22.8. The van der Waals surface area contributed by atoms with Gasteiger partial charge >= 0.3 is 0 Å². The standard InChI is InChI=1S/C26H22F2N4O/c27-21-6-4-17(5-7-21)24(33)12-22-11-20-10-18(2-3-19(20)13-30-22)23-14-29-15-25(32-23)31-16-26(28)8-1-9-26/h2-7,10-11,13-15H,1,8-9,12,16H2,(H,31,32). The Morgan fingerprint density at radius 3 is 2.58 bits per heavy atom. The second-order valence-electron chi connectivity index (χ2n) is 8.49. The van der Waals surface area contributed by atoms with Gasteiger partial charge in [0.05, 0.1) is 31.1 Å². The van der Waals surface area contributed by atoms with E-state index in [1.807, 2.05) is 24.3 Å². The summed E-state index contributed by atoms with van der Waals surface area (Å²) in [6.07, 6.45) is 7.20. The monoisotopic (exact) mass is 444 g/mol. The van der Waals surface area contributed by atoms with Crippen molar-refractivity contribution in [3.8, 4) is 11.3 Å². The van der Waals surface area contributed by atoms with E-state index in [2.05, 4.69) is 20.3 Å². The normalized spacial score (nSPS) is 14.6. The van der Waals surface area contributed by atoms with Gasteiger partial charge in [0.1, 0.15) is 17.3 Å². The number of ketones is 1. The number of anilines is 1. The summed E-state index contributed by atoms with van der Waals surface area (Å²) in [5.41, 5.74) is 1.46. The lowest BCUT2D eigenvalue weighted by Gasteiger charge is -2.33. The highest BCUT2D eigenvalue weighted by atomic mass is 19.1. The van der Waals surface area contributed by atoms with Gasteiger partial charge in [0.25, 0.3) is 0 Å². The summed E-state index contributed by atoms with van der Waals surface area (Å²) in [5, 5.41) is 4.92. The molecule has 0 saturated heterocycles. The number of halogens is 2. The SMILES string of the molecule is O=C(Cc1cc2cc(-c3cncc(NCC4(F)CCC4)n3)ccc2cn1)c1ccc(F)cc1. The zero-order valence-corrected chi connectivity index (χ0v) is 17.9. The fourth-order valence-corrected chi connectivity index (χ4v) is 3.92. The quantitative estimate of drug-likeness (QED) is 0.378. The maximum atomic E-state index is 14.3. The van der Waals surface area contributed by atoms with Gasteiger partial charge < -0.3 is 5.32 Å². The number of fused-ring (bicyclic) bond motifs is 1. The highest BCUT2D eigenvalue weighted by molar-refractivity contribution is 5.97. The topological polar surface area (TPSA) is 67.8 Å². The number of aromatic nitrogens is 3. The average Bonchev–Trinajstić information content (AvgIpc) is 2.81. The Kier molecular flexibility index (Phi) is 5.54. The third kappa shape index (κ3) is 4.72. The third-order valence-corrected chi connectivity index (χ3v) is 6.05. The number of alkyl halides is 1. The predicted octanol–water partition coefficient (Wildman–Crippen LogP) is 5.56. The minimum atomic E-state index is -1.14. The highest BCUT2D eigenvalue weighted by Gasteiger charge is 2.36. The third-order valence-electron chi connectivity index (χ3n) is 6.05. The number of hydrogen-bond donors (Lipinski definition) is 1. The fraction of sp³-hybridized carbons (Fsp3) is 0.231. The second-order valence-corrected chi connectivity index (χ2v) is 8.49. The average molecular weight is 444 g/mol. The van der Waals surface area contributed by atoms with Crippen LogP contribution >= 0.6 is 0 Å². The molecule has 4 aromatic rings. The summed E-state index contributed by atoms with van der Waals surface area (Å²) in [6.45, 7) is 0.236. The molecule has 0 aliphatic heterocycles. The van der Waals surface area contributed by atoms with E-state index >= 15 is 0 Å². The number of carbonyl (C=O) groups excluding carboxylic acids is 1. The van der Waals surface area contributed by atoms with E-state index in [1.54, 1.807) is 18.6 Å². The minimum Gasteiger partial charge on any atom is -0.366 e. The molecular weight excluding hydrogens is 422 g/mol. The fourth-order valence-electron chi connectivity index (χ4n) is 3.92. The van der Waals surface area contributed by atoms with E-state index in [0.29, 0.717) is 35.6 Å². The van der Waals surface area contributed by atoms with Gasteiger partial charge in [-0.05, 0) is 61.0 Å². The molecule has 0 radical (unpaired) electrons. The molecular formula is C26H22F2N4O. The van der Waals surface area contributed by atoms with Crippen LogP contribution in [-0.4, -0.2) is 32.9 Å². The molecule has 1 fully saturated rings. The lowest BCUT2D eigenvalue weighted by atomic mass is 9.82. The Balaban J connectivity index is 1.36. The van der Waals surface area contributed by atoms with Crippen LogP contribution < -0.4 is 5.32 Å². The van der Waals surface area contributed by atoms with Crippen molar-refractivity contribution in [1.82, 2.24) is 15.0 Å². The molecule has 0 bridgehead atoms. The molecule has 7 heteroatoms. The van der Waals surface area contributed by atoms with E-state index in [0.717, 1.165) is 22.8 Å². The molecule has 33 heavy (non-hydrogen) atoms. The Morgan fingerprint density at radius 2 is 1.82 bits per heavy atom. The predicted molar refractivity (Wildman–Crippen MR) is 123 cm³/mol. The number of nitrogens with one attached hydrogen (secondary N) is 1. The van der Waals surface area contributed by atoms with Gasteiger partial charge in [-0.3, -0.25) is 14.8 Å². The molecule has 1 aliphatic carbocycles. The van der Waals surface area contributed by atoms with Gasteiger partial charge in [0, 0.05) is 28.4 Å². The van der Waals surface area contributed by atoms with Crippen molar-refractivity contribution in [3.63, 3.8) is 0 Å². The summed E-state index contributed by atoms with van der Waals surface area (Å²) >= 11 is 0. The molecule has 1 N–H and O–H groups in total. The number of pyridine rings is 1. The molecule has 0 spiro atoms. The van der Waals surface area contributed by atoms with Crippen LogP contribution in [0.2, 0.25) is 0 Å². The molecule has 0 atom stereocenters. The number of rotatable bonds is 7. The maximum absolute atomic E-state index is 14.3. The van der Waals surface area contributed by atoms with Crippen LogP contribution in [0.4, 0.5) is 14.6 Å². The highest BCUT2D eigenvalue weighted by Crippen LogP contribution is 2.35. The lowest BCUT2D eigenvalue weighted by molar-refractivity contribution is 0.0783. The molecule has 1 saturated carbocycles. The smallest absolute Gasteiger partial charge is 0.168 e. The molecule has 1 aliphatic rings. The number of hydrogen-bond acceptors (Lipinski definition) is 5. The number of Topliss-reactive ketones (excluding diaryl/α,β-unsaturated/α-hetero) is 1. The van der Waals surface area contributed by atoms with Crippen molar-refractivity contribution in [3.05, 3.63) is 84.2 Å². The molecule has 2 aromatic carbocycles. The summed E-state index contributed by atoms with van der Waals surface area (Å²) in [6, 6.07) is 13.2. The molecule has 5 nitrogen and oxygen atoms in total. The van der Waals surface area contributed by atoms with Crippen molar-refractivity contribution < 1.29 is 13.6 Å². The van der Waals surface area contributed by atoms with Crippen LogP contribution in [0, 0.1) is 5.82 Å². The van der Waals surface area contributed by atoms with Crippen LogP contribution in [0.15, 0.2) is 67.1 Å². The van der Waals surface area contributed by atoms with E-state index in [-0.39, 0.29) is 24.6 Å². The minimum absolute atomic E-state index is 0.121. The summed E-state index contributed by atoms with van der Waals surface area (Å²) in [5.74, 6) is 0.0362.